The second kappa shape index (κ2) is 8.22. The number of rotatable bonds is 5. The largest absolute Gasteiger partial charge is 0.366 e. The van der Waals surface area contributed by atoms with Crippen LogP contribution in [0.4, 0.5) is 11.6 Å². The number of carbonyl (C=O) groups is 1. The van der Waals surface area contributed by atoms with Crippen molar-refractivity contribution in [2.45, 2.75) is 39.7 Å². The minimum absolute atomic E-state index is 0.0431. The molecule has 0 atom stereocenters. The number of carbonyl (C=O) groups excluding carboxylic acids is 1. The van der Waals surface area contributed by atoms with E-state index in [2.05, 4.69) is 66.6 Å². The first-order valence-electron chi connectivity index (χ1n) is 10.4. The molecule has 0 fully saturated rings. The smallest absolute Gasteiger partial charge is 0.256 e. The molecule has 0 bridgehead atoms. The fourth-order valence-corrected chi connectivity index (χ4v) is 3.43. The van der Waals surface area contributed by atoms with Gasteiger partial charge < -0.3 is 10.6 Å². The molecule has 0 aliphatic heterocycles. The van der Waals surface area contributed by atoms with E-state index in [1.54, 1.807) is 16.8 Å². The summed E-state index contributed by atoms with van der Waals surface area (Å²) >= 11 is 0. The molecule has 0 saturated carbocycles. The molecule has 4 aromatic rings. The van der Waals surface area contributed by atoms with Gasteiger partial charge in [0.1, 0.15) is 11.6 Å². The van der Waals surface area contributed by atoms with Crippen molar-refractivity contribution < 1.29 is 4.79 Å². The number of anilines is 2. The molecule has 2 aromatic heterocycles. The van der Waals surface area contributed by atoms with E-state index in [4.69, 9.17) is 0 Å². The van der Waals surface area contributed by atoms with Gasteiger partial charge in [-0.3, -0.25) is 4.79 Å². The van der Waals surface area contributed by atoms with Crippen LogP contribution in [-0.4, -0.2) is 20.5 Å². The fraction of sp³-hybridized carbons (Fsp3) is 0.240. The molecule has 0 spiro atoms. The highest BCUT2D eigenvalue weighted by Gasteiger charge is 2.15. The second-order valence-electron chi connectivity index (χ2n) is 8.75. The fourth-order valence-electron chi connectivity index (χ4n) is 3.43. The Morgan fingerprint density at radius 2 is 1.81 bits per heavy atom. The number of amides is 1. The van der Waals surface area contributed by atoms with E-state index >= 15 is 0 Å². The SMILES string of the molecule is Cc1cccc(CNc2cc(NC(=O)c3ccc(C(C)(C)C)cc3)nc3ccnn23)c1. The number of fused-ring (bicyclic) bond motifs is 1. The van der Waals surface area contributed by atoms with Crippen LogP contribution in [0.2, 0.25) is 0 Å². The Bertz CT molecular complexity index is 1220. The number of benzene rings is 2. The first-order chi connectivity index (χ1) is 14.8. The highest BCUT2D eigenvalue weighted by Crippen LogP contribution is 2.23. The van der Waals surface area contributed by atoms with Crippen LogP contribution >= 0.6 is 0 Å². The normalized spacial score (nSPS) is 11.5. The van der Waals surface area contributed by atoms with Crippen molar-refractivity contribution in [3.8, 4) is 0 Å². The maximum Gasteiger partial charge on any atom is 0.256 e. The van der Waals surface area contributed by atoms with Crippen LogP contribution in [0, 0.1) is 6.92 Å². The first-order valence-corrected chi connectivity index (χ1v) is 10.4. The van der Waals surface area contributed by atoms with Crippen molar-refractivity contribution in [1.29, 1.82) is 0 Å². The van der Waals surface area contributed by atoms with E-state index in [-0.39, 0.29) is 11.3 Å². The number of nitrogens with zero attached hydrogens (tertiary/aromatic N) is 3. The van der Waals surface area contributed by atoms with Crippen molar-refractivity contribution in [2.75, 3.05) is 10.6 Å². The van der Waals surface area contributed by atoms with Crippen LogP contribution in [0.1, 0.15) is 47.8 Å². The lowest BCUT2D eigenvalue weighted by molar-refractivity contribution is 0.102. The minimum Gasteiger partial charge on any atom is -0.366 e. The second-order valence-corrected chi connectivity index (χ2v) is 8.75. The molecule has 6 nitrogen and oxygen atoms in total. The molecular weight excluding hydrogens is 386 g/mol. The Morgan fingerprint density at radius 3 is 2.52 bits per heavy atom. The van der Waals surface area contributed by atoms with E-state index in [0.29, 0.717) is 23.6 Å². The van der Waals surface area contributed by atoms with Crippen molar-refractivity contribution >= 4 is 23.2 Å². The summed E-state index contributed by atoms with van der Waals surface area (Å²) in [4.78, 5) is 17.3. The van der Waals surface area contributed by atoms with Gasteiger partial charge in [-0.15, -0.1) is 0 Å². The standard InChI is InChI=1S/C25H27N5O/c1-17-6-5-7-18(14-17)16-26-23-15-21(28-22-12-13-27-30(22)23)29-24(31)19-8-10-20(11-9-19)25(2,3)4/h5-15,26H,16H2,1-4H3,(H,28,29,31). The zero-order chi connectivity index (χ0) is 22.0. The van der Waals surface area contributed by atoms with Gasteiger partial charge in [-0.2, -0.15) is 9.61 Å². The molecule has 0 aliphatic carbocycles. The molecule has 0 aliphatic rings. The summed E-state index contributed by atoms with van der Waals surface area (Å²) < 4.78 is 1.73. The molecule has 0 radical (unpaired) electrons. The molecule has 4 rings (SSSR count). The Kier molecular flexibility index (Phi) is 5.46. The third kappa shape index (κ3) is 4.74. The topological polar surface area (TPSA) is 71.3 Å². The monoisotopic (exact) mass is 413 g/mol. The van der Waals surface area contributed by atoms with Gasteiger partial charge in [0.05, 0.1) is 6.20 Å². The minimum atomic E-state index is -0.193. The molecule has 6 heteroatoms. The summed E-state index contributed by atoms with van der Waals surface area (Å²) in [5, 5.41) is 10.7. The molecule has 2 heterocycles. The van der Waals surface area contributed by atoms with Gasteiger partial charge in [0, 0.05) is 24.2 Å². The quantitative estimate of drug-likeness (QED) is 0.472. The predicted octanol–water partition coefficient (Wildman–Crippen LogP) is 5.20. The van der Waals surface area contributed by atoms with E-state index in [0.717, 1.165) is 5.82 Å². The summed E-state index contributed by atoms with van der Waals surface area (Å²) in [7, 11) is 0. The summed E-state index contributed by atoms with van der Waals surface area (Å²) in [6, 6.07) is 19.6. The van der Waals surface area contributed by atoms with Crippen LogP contribution in [0.5, 0.6) is 0 Å². The highest BCUT2D eigenvalue weighted by atomic mass is 16.1. The highest BCUT2D eigenvalue weighted by molar-refractivity contribution is 6.04. The Morgan fingerprint density at radius 1 is 1.03 bits per heavy atom. The van der Waals surface area contributed by atoms with Crippen LogP contribution < -0.4 is 10.6 Å². The summed E-state index contributed by atoms with van der Waals surface area (Å²) in [5.41, 5.74) is 4.86. The van der Waals surface area contributed by atoms with Gasteiger partial charge in [0.2, 0.25) is 0 Å². The average molecular weight is 414 g/mol. The summed E-state index contributed by atoms with van der Waals surface area (Å²) in [5.74, 6) is 1.04. The molecule has 31 heavy (non-hydrogen) atoms. The third-order valence-corrected chi connectivity index (χ3v) is 5.17. The van der Waals surface area contributed by atoms with Gasteiger partial charge in [-0.05, 0) is 35.6 Å². The van der Waals surface area contributed by atoms with Crippen molar-refractivity contribution in [2.24, 2.45) is 0 Å². The summed E-state index contributed by atoms with van der Waals surface area (Å²) in [6.45, 7) is 9.17. The number of hydrogen-bond acceptors (Lipinski definition) is 4. The van der Waals surface area contributed by atoms with Crippen LogP contribution in [0.3, 0.4) is 0 Å². The Hall–Kier alpha value is -3.67. The van der Waals surface area contributed by atoms with Crippen molar-refractivity contribution in [3.05, 3.63) is 89.1 Å². The lowest BCUT2D eigenvalue weighted by Crippen LogP contribution is -2.16. The zero-order valence-corrected chi connectivity index (χ0v) is 18.3. The van der Waals surface area contributed by atoms with Gasteiger partial charge in [0.25, 0.3) is 5.91 Å². The van der Waals surface area contributed by atoms with Gasteiger partial charge >= 0.3 is 0 Å². The van der Waals surface area contributed by atoms with Crippen molar-refractivity contribution in [1.82, 2.24) is 14.6 Å². The Balaban J connectivity index is 1.54. The lowest BCUT2D eigenvalue weighted by atomic mass is 9.87. The van der Waals surface area contributed by atoms with Crippen LogP contribution in [-0.2, 0) is 12.0 Å². The molecule has 0 unspecified atom stereocenters. The predicted molar refractivity (Wildman–Crippen MR) is 125 cm³/mol. The maximum atomic E-state index is 12.8. The molecular formula is C25H27N5O. The lowest BCUT2D eigenvalue weighted by Gasteiger charge is -2.19. The number of aryl methyl sites for hydroxylation is 1. The van der Waals surface area contributed by atoms with E-state index in [1.165, 1.54) is 16.7 Å². The zero-order valence-electron chi connectivity index (χ0n) is 18.3. The van der Waals surface area contributed by atoms with Gasteiger partial charge in [0.15, 0.2) is 5.65 Å². The molecule has 2 N–H and O–H groups in total. The first kappa shape index (κ1) is 20.6. The third-order valence-electron chi connectivity index (χ3n) is 5.17. The number of aromatic nitrogens is 3. The van der Waals surface area contributed by atoms with Gasteiger partial charge in [-0.1, -0.05) is 62.7 Å². The maximum absolute atomic E-state index is 12.8. The van der Waals surface area contributed by atoms with Gasteiger partial charge in [-0.25, -0.2) is 4.98 Å². The Labute approximate surface area is 182 Å². The number of nitrogens with one attached hydrogen (secondary N) is 2. The average Bonchev–Trinajstić information content (AvgIpc) is 3.20. The molecule has 1 amide bonds. The van der Waals surface area contributed by atoms with Crippen LogP contribution in [0.25, 0.3) is 5.65 Å². The molecule has 0 saturated heterocycles. The molecule has 2 aromatic carbocycles. The van der Waals surface area contributed by atoms with Crippen molar-refractivity contribution in [3.63, 3.8) is 0 Å². The van der Waals surface area contributed by atoms with E-state index < -0.39 is 0 Å². The molecule has 158 valence electrons. The van der Waals surface area contributed by atoms with E-state index in [1.807, 2.05) is 36.4 Å². The van der Waals surface area contributed by atoms with E-state index in [9.17, 15) is 4.79 Å². The van der Waals surface area contributed by atoms with Crippen LogP contribution in [0.15, 0.2) is 66.9 Å². The number of hydrogen-bond donors (Lipinski definition) is 2. The summed E-state index contributed by atoms with van der Waals surface area (Å²) in [6.07, 6.45) is 1.69.